The lowest BCUT2D eigenvalue weighted by molar-refractivity contribution is -0.148. The zero-order chi connectivity index (χ0) is 49.4. The zero-order valence-corrected chi connectivity index (χ0v) is 44.6. The van der Waals surface area contributed by atoms with Gasteiger partial charge in [0.25, 0.3) is 0 Å². The zero-order valence-electron chi connectivity index (χ0n) is 44.6. The number of carbonyl (C=O) groups is 4. The maximum absolute atomic E-state index is 12.7. The van der Waals surface area contributed by atoms with Crippen molar-refractivity contribution in [3.05, 3.63) is 0 Å². The molecule has 0 aromatic heterocycles. The predicted octanol–water partition coefficient (Wildman–Crippen LogP) is 13.1. The van der Waals surface area contributed by atoms with Crippen LogP contribution in [0.15, 0.2) is 0 Å². The molecule has 0 aliphatic heterocycles. The lowest BCUT2D eigenvalue weighted by Crippen LogP contribution is -2.50. The average molecular weight is 861 g/mol. The Kier molecular flexibility index (Phi) is 32.6. The number of carboxylic acids is 2. The van der Waals surface area contributed by atoms with Gasteiger partial charge in [0, 0.05) is 10.8 Å². The van der Waals surface area contributed by atoms with E-state index in [-0.39, 0.29) is 46.7 Å². The number of carboxylic acid groups (broad SMARTS) is 2. The largest absolute Gasteiger partial charge is 0.480 e. The summed E-state index contributed by atoms with van der Waals surface area (Å²) in [5.74, 6) is -2.63. The van der Waals surface area contributed by atoms with E-state index >= 15 is 0 Å². The third-order valence-corrected chi connectivity index (χ3v) is 9.54. The van der Waals surface area contributed by atoms with Crippen LogP contribution in [0.5, 0.6) is 0 Å². The number of hydrogen-bond acceptors (Lipinski definition) is 6. The first-order valence-electron chi connectivity index (χ1n) is 23.0. The fourth-order valence-electron chi connectivity index (χ4n) is 5.93. The fraction of sp³-hybridized carbons (Fsp3) is 0.920. The summed E-state index contributed by atoms with van der Waals surface area (Å²) in [5.41, 5.74) is -1.73. The number of ether oxygens (including phenoxy) is 2. The van der Waals surface area contributed by atoms with Crippen molar-refractivity contribution in [3.63, 3.8) is 0 Å². The van der Waals surface area contributed by atoms with E-state index in [9.17, 15) is 29.4 Å². The van der Waals surface area contributed by atoms with Gasteiger partial charge in [-0.15, -0.1) is 0 Å². The second kappa shape index (κ2) is 29.2. The number of amides is 2. The first kappa shape index (κ1) is 66.9. The van der Waals surface area contributed by atoms with Crippen molar-refractivity contribution in [2.24, 2.45) is 32.5 Å². The normalized spacial score (nSPS) is 13.6. The highest BCUT2D eigenvalue weighted by Crippen LogP contribution is 2.34. The van der Waals surface area contributed by atoms with E-state index in [4.69, 9.17) is 9.47 Å². The molecule has 0 bridgehead atoms. The Bertz CT molecular complexity index is 1180. The van der Waals surface area contributed by atoms with Gasteiger partial charge in [-0.2, -0.15) is 0 Å². The third-order valence-electron chi connectivity index (χ3n) is 9.54. The van der Waals surface area contributed by atoms with Crippen LogP contribution in [-0.2, 0) is 28.7 Å². The van der Waals surface area contributed by atoms with E-state index in [2.05, 4.69) is 108 Å². The van der Waals surface area contributed by atoms with Gasteiger partial charge >= 0.3 is 11.9 Å². The van der Waals surface area contributed by atoms with E-state index < -0.39 is 46.1 Å². The van der Waals surface area contributed by atoms with Crippen LogP contribution < -0.4 is 10.6 Å². The number of nitrogens with one attached hydrogen (secondary N) is 2. The Balaban J connectivity index is -0.000000292. The van der Waals surface area contributed by atoms with Gasteiger partial charge in [0.05, 0.1) is 24.4 Å². The summed E-state index contributed by atoms with van der Waals surface area (Å²) in [4.78, 5) is 48.5. The van der Waals surface area contributed by atoms with Crippen LogP contribution in [0, 0.1) is 32.5 Å². The summed E-state index contributed by atoms with van der Waals surface area (Å²) in [6.07, 6.45) is 7.05. The standard InChI is InChI=1S/C22H43NO4.C21H41NO4.C3H8.2C2H6/c1-11-20(5,6)15-22(9,10)27-14-16(17(24)25)23-18(26)21(7,8)13-12-19(2,3)4;1-18(2,3)11-12-20(7,8)17(25)22-15(16(23)24)13-26-21(9,10)14-19(4,5)6;1-3-2;2*1-2/h16H,11-15H2,1-10H3,(H,23,26)(H,24,25);15H,11-14H2,1-10H3,(H,22,25)(H,23,24);3H2,1-2H3;2*1-2H3. The predicted molar refractivity (Wildman–Crippen MR) is 256 cm³/mol. The summed E-state index contributed by atoms with van der Waals surface area (Å²) < 4.78 is 11.8. The number of aliphatic carboxylic acids is 2. The molecule has 0 rings (SSSR count). The van der Waals surface area contributed by atoms with Gasteiger partial charge in [-0.1, -0.05) is 165 Å². The molecule has 60 heavy (non-hydrogen) atoms. The molecule has 0 aromatic rings. The van der Waals surface area contributed by atoms with Crippen molar-refractivity contribution >= 4 is 23.8 Å². The van der Waals surface area contributed by atoms with Crippen LogP contribution in [-0.4, -0.2) is 70.5 Å². The van der Waals surface area contributed by atoms with Gasteiger partial charge in [-0.05, 0) is 87.9 Å². The first-order chi connectivity index (χ1) is 26.7. The van der Waals surface area contributed by atoms with Crippen molar-refractivity contribution < 1.29 is 38.9 Å². The van der Waals surface area contributed by atoms with Crippen LogP contribution >= 0.6 is 0 Å². The molecule has 0 spiro atoms. The van der Waals surface area contributed by atoms with Crippen molar-refractivity contribution in [1.29, 1.82) is 0 Å². The second-order valence-corrected chi connectivity index (χ2v) is 22.9. The smallest absolute Gasteiger partial charge is 0.328 e. The van der Waals surface area contributed by atoms with Gasteiger partial charge in [-0.25, -0.2) is 9.59 Å². The van der Waals surface area contributed by atoms with Crippen molar-refractivity contribution in [2.45, 2.75) is 255 Å². The Labute approximate surface area is 372 Å². The van der Waals surface area contributed by atoms with Crippen molar-refractivity contribution in [1.82, 2.24) is 10.6 Å². The minimum atomic E-state index is -1.07. The van der Waals surface area contributed by atoms with E-state index in [1.54, 1.807) is 0 Å². The summed E-state index contributed by atoms with van der Waals surface area (Å²) in [6.45, 7) is 53.1. The lowest BCUT2D eigenvalue weighted by Gasteiger charge is -2.35. The maximum atomic E-state index is 12.7. The molecule has 10 nitrogen and oxygen atoms in total. The minimum Gasteiger partial charge on any atom is -0.480 e. The van der Waals surface area contributed by atoms with Gasteiger partial charge in [-0.3, -0.25) is 9.59 Å². The molecule has 362 valence electrons. The fourth-order valence-corrected chi connectivity index (χ4v) is 5.93. The molecule has 2 atom stereocenters. The molecule has 0 radical (unpaired) electrons. The van der Waals surface area contributed by atoms with Crippen molar-refractivity contribution in [3.8, 4) is 0 Å². The van der Waals surface area contributed by atoms with Crippen LogP contribution in [0.1, 0.15) is 231 Å². The van der Waals surface area contributed by atoms with Gasteiger partial charge in [0.15, 0.2) is 12.1 Å². The molecule has 0 aliphatic carbocycles. The average Bonchev–Trinajstić information content (AvgIpc) is 3.06. The summed E-state index contributed by atoms with van der Waals surface area (Å²) >= 11 is 0. The van der Waals surface area contributed by atoms with E-state index in [0.717, 1.165) is 32.1 Å². The molecule has 0 aliphatic rings. The third kappa shape index (κ3) is 37.6. The molecular weight excluding hydrogens is 757 g/mol. The SMILES string of the molecule is CC.CC.CC(C)(C)CCC(C)(C)C(=O)NC(COC(C)(C)CC(C)(C)C)C(=O)O.CCC.CCC(C)(C)CC(C)(C)OCC(NC(=O)C(C)(C)CCC(C)(C)C)C(=O)O. The summed E-state index contributed by atoms with van der Waals surface area (Å²) in [5, 5.41) is 24.4. The molecule has 4 N–H and O–H groups in total. The lowest BCUT2D eigenvalue weighted by atomic mass is 9.79. The summed E-state index contributed by atoms with van der Waals surface area (Å²) in [7, 11) is 0. The molecule has 0 fully saturated rings. The number of rotatable bonds is 20. The maximum Gasteiger partial charge on any atom is 0.328 e. The minimum absolute atomic E-state index is 0.0385. The Hall–Kier alpha value is -2.20. The van der Waals surface area contributed by atoms with Crippen LogP contribution in [0.25, 0.3) is 0 Å². The van der Waals surface area contributed by atoms with Gasteiger partial charge < -0.3 is 30.3 Å². The van der Waals surface area contributed by atoms with E-state index in [1.165, 1.54) is 6.42 Å². The molecule has 0 aromatic carbocycles. The molecule has 0 saturated carbocycles. The quantitative estimate of drug-likeness (QED) is 0.0944. The molecule has 0 heterocycles. The molecular formula is C50H104N2O8. The van der Waals surface area contributed by atoms with Gasteiger partial charge in [0.1, 0.15) is 0 Å². The highest BCUT2D eigenvalue weighted by atomic mass is 16.5. The number of hydrogen-bond donors (Lipinski definition) is 4. The van der Waals surface area contributed by atoms with Crippen molar-refractivity contribution in [2.75, 3.05) is 13.2 Å². The molecule has 10 heteroatoms. The second-order valence-electron chi connectivity index (χ2n) is 22.9. The monoisotopic (exact) mass is 861 g/mol. The Morgan fingerprint density at radius 2 is 0.733 bits per heavy atom. The highest BCUT2D eigenvalue weighted by molar-refractivity contribution is 5.87. The first-order valence-corrected chi connectivity index (χ1v) is 23.0. The Morgan fingerprint density at radius 3 is 0.950 bits per heavy atom. The van der Waals surface area contributed by atoms with Crippen LogP contribution in [0.4, 0.5) is 0 Å². The summed E-state index contributed by atoms with van der Waals surface area (Å²) in [6, 6.07) is -2.09. The molecule has 0 saturated heterocycles. The highest BCUT2D eigenvalue weighted by Gasteiger charge is 2.36. The van der Waals surface area contributed by atoms with E-state index in [0.29, 0.717) is 12.8 Å². The van der Waals surface area contributed by atoms with Crippen LogP contribution in [0.3, 0.4) is 0 Å². The Morgan fingerprint density at radius 1 is 0.467 bits per heavy atom. The molecule has 2 amide bonds. The van der Waals surface area contributed by atoms with Crippen LogP contribution in [0.2, 0.25) is 0 Å². The molecule has 2 unspecified atom stereocenters. The number of carbonyl (C=O) groups excluding carboxylic acids is 2. The topological polar surface area (TPSA) is 151 Å². The van der Waals surface area contributed by atoms with E-state index in [1.807, 2.05) is 83.1 Å². The van der Waals surface area contributed by atoms with Gasteiger partial charge in [0.2, 0.25) is 11.8 Å².